The van der Waals surface area contributed by atoms with Gasteiger partial charge in [0, 0.05) is 12.1 Å². The number of rotatable bonds is 16. The summed E-state index contributed by atoms with van der Waals surface area (Å²) >= 11 is 35.3. The number of halogens is 5. The van der Waals surface area contributed by atoms with Crippen LogP contribution in [0.5, 0.6) is 0 Å². The van der Waals surface area contributed by atoms with Gasteiger partial charge in [-0.3, -0.25) is 4.79 Å². The Kier molecular flexibility index (Phi) is 17.0. The molecule has 0 radical (unpaired) electrons. The fraction of sp³-hybridized carbons (Fsp3) is 0.667. The van der Waals surface area contributed by atoms with Crippen molar-refractivity contribution in [3.05, 3.63) is 28.2 Å². The molecule has 0 aliphatic heterocycles. The Bertz CT molecular complexity index is 746. The fourth-order valence-electron chi connectivity index (χ4n) is 3.43. The van der Waals surface area contributed by atoms with Crippen molar-refractivity contribution in [2.75, 3.05) is 5.32 Å². The van der Waals surface area contributed by atoms with Gasteiger partial charge in [-0.1, -0.05) is 136 Å². The second kappa shape index (κ2) is 18.1. The summed E-state index contributed by atoms with van der Waals surface area (Å²) in [4.78, 5) is 12.4. The summed E-state index contributed by atoms with van der Waals surface area (Å²) in [5, 5.41) is 9.45. The highest BCUT2D eigenvalue weighted by molar-refractivity contribution is 7.80. The summed E-state index contributed by atoms with van der Waals surface area (Å²) in [7, 11) is 0. The first-order valence-corrected chi connectivity index (χ1v) is 14.3. The third-order valence-corrected chi connectivity index (χ3v) is 6.96. The van der Waals surface area contributed by atoms with Crippen LogP contribution in [0.15, 0.2) is 18.2 Å². The molecule has 1 aromatic carbocycles. The van der Waals surface area contributed by atoms with Crippen molar-refractivity contribution in [3.63, 3.8) is 0 Å². The number of benzene rings is 1. The van der Waals surface area contributed by atoms with Crippen LogP contribution in [0.2, 0.25) is 10.0 Å². The van der Waals surface area contributed by atoms with Crippen LogP contribution < -0.4 is 16.0 Å². The van der Waals surface area contributed by atoms with Gasteiger partial charge >= 0.3 is 0 Å². The highest BCUT2D eigenvalue weighted by atomic mass is 35.6. The summed E-state index contributed by atoms with van der Waals surface area (Å²) in [5.41, 5.74) is 0.609. The van der Waals surface area contributed by atoms with E-state index in [9.17, 15) is 4.79 Å². The molecule has 1 amide bonds. The van der Waals surface area contributed by atoms with Crippen molar-refractivity contribution < 1.29 is 4.79 Å². The highest BCUT2D eigenvalue weighted by Crippen LogP contribution is 2.29. The number of hydrogen-bond acceptors (Lipinski definition) is 2. The minimum Gasteiger partial charge on any atom is -0.339 e. The van der Waals surface area contributed by atoms with E-state index in [0.717, 1.165) is 19.3 Å². The van der Waals surface area contributed by atoms with E-state index in [1.54, 1.807) is 18.2 Å². The Balaban J connectivity index is 2.26. The standard InChI is InChI=1S/C24H36Cl5N3OS/c1-2-3-4-5-6-7-8-9-10-11-12-13-14-21(33)31-22(24(27,28)29)32-23(34)30-18-15-16-19(25)20(26)17-18/h15-17,22H,2-14H2,1H3,(H,31,33)(H2,30,32,34)/t22-/m0/s1. The molecule has 0 heterocycles. The van der Waals surface area contributed by atoms with Gasteiger partial charge < -0.3 is 16.0 Å². The molecule has 1 aromatic rings. The molecule has 0 fully saturated rings. The van der Waals surface area contributed by atoms with E-state index in [2.05, 4.69) is 22.9 Å². The second-order valence-corrected chi connectivity index (χ2v) is 12.0. The molecule has 0 saturated heterocycles. The van der Waals surface area contributed by atoms with Gasteiger partial charge in [-0.15, -0.1) is 0 Å². The molecule has 10 heteroatoms. The van der Waals surface area contributed by atoms with Gasteiger partial charge in [-0.2, -0.15) is 0 Å². The Morgan fingerprint density at radius 3 is 1.88 bits per heavy atom. The first kappa shape index (κ1) is 31.9. The molecule has 0 aliphatic carbocycles. The second-order valence-electron chi connectivity index (χ2n) is 8.41. The van der Waals surface area contributed by atoms with Crippen LogP contribution in [0.4, 0.5) is 5.69 Å². The third kappa shape index (κ3) is 15.1. The average Bonchev–Trinajstić information content (AvgIpc) is 2.76. The molecular weight excluding hydrogens is 556 g/mol. The van der Waals surface area contributed by atoms with Gasteiger partial charge in [-0.25, -0.2) is 0 Å². The zero-order chi connectivity index (χ0) is 25.4. The lowest BCUT2D eigenvalue weighted by Gasteiger charge is -2.27. The SMILES string of the molecule is CCCCCCCCCCCCCCC(=O)N[C@@H](NC(=S)Nc1ccc(Cl)c(Cl)c1)C(Cl)(Cl)Cl. The molecule has 0 aliphatic rings. The van der Waals surface area contributed by atoms with Crippen molar-refractivity contribution in [1.29, 1.82) is 0 Å². The Labute approximate surface area is 235 Å². The van der Waals surface area contributed by atoms with Crippen molar-refractivity contribution >= 4 is 86.9 Å². The van der Waals surface area contributed by atoms with Crippen molar-refractivity contribution in [2.24, 2.45) is 0 Å². The zero-order valence-electron chi connectivity index (χ0n) is 19.7. The van der Waals surface area contributed by atoms with Crippen LogP contribution in [-0.4, -0.2) is 21.0 Å². The number of hydrogen-bond donors (Lipinski definition) is 3. The number of carbonyl (C=O) groups is 1. The molecule has 3 N–H and O–H groups in total. The molecule has 1 rings (SSSR count). The Hall–Kier alpha value is -0.170. The van der Waals surface area contributed by atoms with E-state index in [1.165, 1.54) is 57.8 Å². The molecule has 1 atom stereocenters. The number of amides is 1. The molecule has 4 nitrogen and oxygen atoms in total. The molecular formula is C24H36Cl5N3OS. The Morgan fingerprint density at radius 2 is 1.38 bits per heavy atom. The molecule has 0 unspecified atom stereocenters. The van der Waals surface area contributed by atoms with Crippen LogP contribution in [0, 0.1) is 0 Å². The minimum absolute atomic E-state index is 0.167. The molecule has 34 heavy (non-hydrogen) atoms. The van der Waals surface area contributed by atoms with Crippen molar-refractivity contribution in [2.45, 2.75) is 100 Å². The van der Waals surface area contributed by atoms with Gasteiger partial charge in [-0.05, 0) is 36.8 Å². The smallest absolute Gasteiger partial charge is 0.228 e. The van der Waals surface area contributed by atoms with E-state index in [4.69, 9.17) is 70.2 Å². The molecule has 0 aromatic heterocycles. The number of nitrogens with one attached hydrogen (secondary N) is 3. The number of alkyl halides is 3. The highest BCUT2D eigenvalue weighted by Gasteiger charge is 2.34. The van der Waals surface area contributed by atoms with Gasteiger partial charge in [0.2, 0.25) is 9.70 Å². The minimum atomic E-state index is -1.80. The largest absolute Gasteiger partial charge is 0.339 e. The molecule has 0 bridgehead atoms. The lowest BCUT2D eigenvalue weighted by atomic mass is 10.0. The van der Waals surface area contributed by atoms with E-state index in [-0.39, 0.29) is 11.0 Å². The average molecular weight is 592 g/mol. The van der Waals surface area contributed by atoms with E-state index < -0.39 is 9.96 Å². The zero-order valence-corrected chi connectivity index (χ0v) is 24.3. The third-order valence-electron chi connectivity index (χ3n) is 5.34. The summed E-state index contributed by atoms with van der Waals surface area (Å²) in [5.74, 6) is -0.201. The van der Waals surface area contributed by atoms with Gasteiger partial charge in [0.1, 0.15) is 6.17 Å². The van der Waals surface area contributed by atoms with Crippen LogP contribution in [0.25, 0.3) is 0 Å². The summed E-state index contributed by atoms with van der Waals surface area (Å²) < 4.78 is -1.80. The molecule has 0 saturated carbocycles. The van der Waals surface area contributed by atoms with Crippen LogP contribution >= 0.6 is 70.2 Å². The maximum absolute atomic E-state index is 12.4. The van der Waals surface area contributed by atoms with Crippen LogP contribution in [-0.2, 0) is 4.79 Å². The quantitative estimate of drug-likeness (QED) is 0.0776. The number of unbranched alkanes of at least 4 members (excludes halogenated alkanes) is 11. The van der Waals surface area contributed by atoms with Crippen LogP contribution in [0.1, 0.15) is 90.4 Å². The number of carbonyl (C=O) groups excluding carboxylic acids is 1. The summed E-state index contributed by atoms with van der Waals surface area (Å²) in [6.07, 6.45) is 14.2. The van der Waals surface area contributed by atoms with E-state index in [1.807, 2.05) is 0 Å². The normalized spacial score (nSPS) is 12.3. The van der Waals surface area contributed by atoms with Crippen molar-refractivity contribution in [1.82, 2.24) is 10.6 Å². The lowest BCUT2D eigenvalue weighted by molar-refractivity contribution is -0.122. The predicted octanol–water partition coefficient (Wildman–Crippen LogP) is 9.18. The Morgan fingerprint density at radius 1 is 0.853 bits per heavy atom. The van der Waals surface area contributed by atoms with Crippen LogP contribution in [0.3, 0.4) is 0 Å². The van der Waals surface area contributed by atoms with Gasteiger partial charge in [0.25, 0.3) is 0 Å². The summed E-state index contributed by atoms with van der Waals surface area (Å²) in [6.45, 7) is 2.24. The maximum Gasteiger partial charge on any atom is 0.228 e. The maximum atomic E-state index is 12.4. The summed E-state index contributed by atoms with van der Waals surface area (Å²) in [6, 6.07) is 4.96. The predicted molar refractivity (Wildman–Crippen MR) is 154 cm³/mol. The lowest BCUT2D eigenvalue weighted by Crippen LogP contribution is -2.56. The number of thiocarbonyl (C=S) groups is 1. The topological polar surface area (TPSA) is 53.2 Å². The fourth-order valence-corrected chi connectivity index (χ4v) is 4.29. The molecule has 0 spiro atoms. The van der Waals surface area contributed by atoms with Gasteiger partial charge in [0.15, 0.2) is 5.11 Å². The first-order valence-electron chi connectivity index (χ1n) is 12.0. The monoisotopic (exact) mass is 589 g/mol. The first-order chi connectivity index (χ1) is 16.1. The number of anilines is 1. The van der Waals surface area contributed by atoms with Gasteiger partial charge in [0.05, 0.1) is 10.0 Å². The van der Waals surface area contributed by atoms with Crippen molar-refractivity contribution in [3.8, 4) is 0 Å². The molecule has 194 valence electrons. The van der Waals surface area contributed by atoms with E-state index in [0.29, 0.717) is 22.2 Å². The van der Waals surface area contributed by atoms with E-state index >= 15 is 0 Å².